The van der Waals surface area contributed by atoms with E-state index in [1.54, 1.807) is 7.05 Å². The van der Waals surface area contributed by atoms with Crippen molar-refractivity contribution in [2.75, 3.05) is 7.05 Å². The Morgan fingerprint density at radius 2 is 2.10 bits per heavy atom. The van der Waals surface area contributed by atoms with Crippen molar-refractivity contribution in [3.63, 3.8) is 0 Å². The van der Waals surface area contributed by atoms with Crippen molar-refractivity contribution < 1.29 is 12.8 Å². The second kappa shape index (κ2) is 6.20. The van der Waals surface area contributed by atoms with Gasteiger partial charge < -0.3 is 5.32 Å². The van der Waals surface area contributed by atoms with Gasteiger partial charge in [0.25, 0.3) is 0 Å². The van der Waals surface area contributed by atoms with E-state index in [0.29, 0.717) is 18.0 Å². The van der Waals surface area contributed by atoms with Crippen molar-refractivity contribution in [2.24, 2.45) is 5.92 Å². The molecule has 0 spiro atoms. The molecule has 1 fully saturated rings. The largest absolute Gasteiger partial charge is 0.316 e. The van der Waals surface area contributed by atoms with E-state index >= 15 is 0 Å². The van der Waals surface area contributed by atoms with Crippen LogP contribution in [0.3, 0.4) is 0 Å². The summed E-state index contributed by atoms with van der Waals surface area (Å²) >= 11 is 0. The lowest BCUT2D eigenvalue weighted by atomic mass is 9.81. The third kappa shape index (κ3) is 3.37. The lowest BCUT2D eigenvalue weighted by Crippen LogP contribution is -2.41. The predicted molar refractivity (Wildman–Crippen MR) is 76.3 cm³/mol. The van der Waals surface area contributed by atoms with Crippen LogP contribution in [0.4, 0.5) is 4.39 Å². The Labute approximate surface area is 119 Å². The monoisotopic (exact) mass is 300 g/mol. The van der Waals surface area contributed by atoms with Crippen LogP contribution in [-0.2, 0) is 16.6 Å². The summed E-state index contributed by atoms with van der Waals surface area (Å²) in [6, 6.07) is 3.76. The molecule has 1 atom stereocenters. The van der Waals surface area contributed by atoms with E-state index < -0.39 is 15.8 Å². The van der Waals surface area contributed by atoms with Crippen molar-refractivity contribution >= 4 is 10.0 Å². The molecular formula is C14H21FN2O2S. The molecule has 20 heavy (non-hydrogen) atoms. The van der Waals surface area contributed by atoms with Crippen LogP contribution in [0.25, 0.3) is 0 Å². The maximum Gasteiger partial charge on any atom is 0.241 e. The minimum absolute atomic E-state index is 0.0259. The van der Waals surface area contributed by atoms with Crippen LogP contribution in [0.2, 0.25) is 0 Å². The normalized spacial score (nSPS) is 17.8. The molecule has 1 aromatic carbocycles. The van der Waals surface area contributed by atoms with Crippen LogP contribution in [0.1, 0.15) is 31.7 Å². The minimum Gasteiger partial charge on any atom is -0.316 e. The number of sulfonamides is 1. The predicted octanol–water partition coefficient (Wildman–Crippen LogP) is 2.01. The topological polar surface area (TPSA) is 58.2 Å². The van der Waals surface area contributed by atoms with Crippen molar-refractivity contribution in [1.29, 1.82) is 0 Å². The molecule has 0 aromatic heterocycles. The highest BCUT2D eigenvalue weighted by atomic mass is 32.2. The van der Waals surface area contributed by atoms with Crippen molar-refractivity contribution in [3.05, 3.63) is 29.6 Å². The smallest absolute Gasteiger partial charge is 0.241 e. The summed E-state index contributed by atoms with van der Waals surface area (Å²) in [5, 5.41) is 2.90. The Morgan fingerprint density at radius 1 is 1.40 bits per heavy atom. The zero-order valence-electron chi connectivity index (χ0n) is 11.8. The number of hydrogen-bond donors (Lipinski definition) is 2. The summed E-state index contributed by atoms with van der Waals surface area (Å²) in [6.07, 6.45) is 3.26. The number of nitrogens with one attached hydrogen (secondary N) is 2. The average molecular weight is 300 g/mol. The zero-order valence-corrected chi connectivity index (χ0v) is 12.6. The van der Waals surface area contributed by atoms with Gasteiger partial charge in [0.05, 0.1) is 4.90 Å². The first-order valence-corrected chi connectivity index (χ1v) is 8.37. The van der Waals surface area contributed by atoms with Gasteiger partial charge in [0.2, 0.25) is 10.0 Å². The van der Waals surface area contributed by atoms with Crippen LogP contribution < -0.4 is 10.0 Å². The lowest BCUT2D eigenvalue weighted by molar-refractivity contribution is 0.260. The summed E-state index contributed by atoms with van der Waals surface area (Å²) in [7, 11) is -1.96. The summed E-state index contributed by atoms with van der Waals surface area (Å²) in [6.45, 7) is 2.26. The first kappa shape index (κ1) is 15.4. The average Bonchev–Trinajstić information content (AvgIpc) is 2.28. The molecule has 0 radical (unpaired) electrons. The van der Waals surface area contributed by atoms with Crippen LogP contribution >= 0.6 is 0 Å². The van der Waals surface area contributed by atoms with E-state index in [4.69, 9.17) is 0 Å². The van der Waals surface area contributed by atoms with Gasteiger partial charge in [-0.15, -0.1) is 0 Å². The highest BCUT2D eigenvalue weighted by molar-refractivity contribution is 7.89. The Bertz CT molecular complexity index is 571. The van der Waals surface area contributed by atoms with E-state index in [9.17, 15) is 12.8 Å². The Balaban J connectivity index is 2.25. The minimum atomic E-state index is -3.69. The third-order valence-corrected chi connectivity index (χ3v) is 5.53. The van der Waals surface area contributed by atoms with Gasteiger partial charge in [-0.2, -0.15) is 0 Å². The van der Waals surface area contributed by atoms with Gasteiger partial charge in [-0.3, -0.25) is 0 Å². The van der Waals surface area contributed by atoms with Crippen LogP contribution in [0.15, 0.2) is 23.1 Å². The summed E-state index contributed by atoms with van der Waals surface area (Å²) < 4.78 is 40.9. The Hall–Kier alpha value is -0.980. The van der Waals surface area contributed by atoms with E-state index in [1.807, 2.05) is 6.92 Å². The zero-order chi connectivity index (χ0) is 14.8. The first-order chi connectivity index (χ1) is 9.44. The van der Waals surface area contributed by atoms with Gasteiger partial charge in [-0.25, -0.2) is 17.5 Å². The summed E-state index contributed by atoms with van der Waals surface area (Å²) in [4.78, 5) is 0.0259. The molecule has 2 rings (SSSR count). The van der Waals surface area contributed by atoms with Crippen molar-refractivity contribution in [1.82, 2.24) is 10.0 Å². The van der Waals surface area contributed by atoms with E-state index in [-0.39, 0.29) is 10.9 Å². The SMILES string of the molecule is CNCc1ccc(F)cc1S(=O)(=O)NC(C)C1CCC1. The first-order valence-electron chi connectivity index (χ1n) is 6.89. The van der Waals surface area contributed by atoms with Gasteiger partial charge in [0.15, 0.2) is 0 Å². The van der Waals surface area contributed by atoms with Gasteiger partial charge in [0, 0.05) is 12.6 Å². The second-order valence-corrected chi connectivity index (χ2v) is 7.07. The highest BCUT2D eigenvalue weighted by Crippen LogP contribution is 2.30. The molecule has 1 aliphatic carbocycles. The summed E-state index contributed by atoms with van der Waals surface area (Å²) in [5.41, 5.74) is 0.571. The van der Waals surface area contributed by atoms with E-state index in [1.165, 1.54) is 12.1 Å². The second-order valence-electron chi connectivity index (χ2n) is 5.38. The number of halogens is 1. The summed E-state index contributed by atoms with van der Waals surface area (Å²) in [5.74, 6) is -0.146. The van der Waals surface area contributed by atoms with Gasteiger partial charge in [0.1, 0.15) is 5.82 Å². The Morgan fingerprint density at radius 3 is 2.65 bits per heavy atom. The molecule has 112 valence electrons. The molecule has 0 amide bonds. The Kier molecular flexibility index (Phi) is 4.78. The maximum absolute atomic E-state index is 13.4. The van der Waals surface area contributed by atoms with Crippen LogP contribution in [0, 0.1) is 11.7 Å². The molecule has 4 nitrogen and oxygen atoms in total. The van der Waals surface area contributed by atoms with E-state index in [0.717, 1.165) is 25.3 Å². The van der Waals surface area contributed by atoms with Gasteiger partial charge >= 0.3 is 0 Å². The molecule has 2 N–H and O–H groups in total. The maximum atomic E-state index is 13.4. The molecule has 6 heteroatoms. The number of benzene rings is 1. The van der Waals surface area contributed by atoms with E-state index in [2.05, 4.69) is 10.0 Å². The fraction of sp³-hybridized carbons (Fsp3) is 0.571. The highest BCUT2D eigenvalue weighted by Gasteiger charge is 2.29. The fourth-order valence-electron chi connectivity index (χ4n) is 2.46. The molecule has 1 aliphatic rings. The van der Waals surface area contributed by atoms with Gasteiger partial charge in [-0.1, -0.05) is 12.5 Å². The standard InChI is InChI=1S/C14H21FN2O2S/c1-10(11-4-3-5-11)17-20(18,19)14-8-13(15)7-6-12(14)9-16-2/h6-8,10-11,16-17H,3-5,9H2,1-2H3. The molecule has 0 saturated heterocycles. The molecule has 0 bridgehead atoms. The molecule has 1 unspecified atom stereocenters. The molecular weight excluding hydrogens is 279 g/mol. The third-order valence-electron chi connectivity index (χ3n) is 3.88. The molecule has 1 aromatic rings. The fourth-order valence-corrected chi connectivity index (χ4v) is 4.02. The van der Waals surface area contributed by atoms with Crippen molar-refractivity contribution in [3.8, 4) is 0 Å². The molecule has 0 heterocycles. The molecule has 0 aliphatic heterocycles. The number of hydrogen-bond acceptors (Lipinski definition) is 3. The van der Waals surface area contributed by atoms with Crippen LogP contribution in [-0.4, -0.2) is 21.5 Å². The quantitative estimate of drug-likeness (QED) is 0.845. The van der Waals surface area contributed by atoms with Crippen molar-refractivity contribution in [2.45, 2.75) is 43.7 Å². The molecule has 1 saturated carbocycles. The van der Waals surface area contributed by atoms with Gasteiger partial charge in [-0.05, 0) is 50.4 Å². The van der Waals surface area contributed by atoms with Crippen LogP contribution in [0.5, 0.6) is 0 Å². The lowest BCUT2D eigenvalue weighted by Gasteiger charge is -2.31. The number of rotatable bonds is 6.